The lowest BCUT2D eigenvalue weighted by Crippen LogP contribution is -2.48. The molecule has 1 nitrogen and oxygen atoms in total. The van der Waals surface area contributed by atoms with Crippen molar-refractivity contribution < 1.29 is 0 Å². The van der Waals surface area contributed by atoms with Crippen LogP contribution in [0.1, 0.15) is 64.0 Å². The number of hydrogen-bond acceptors (Lipinski definition) is 1. The Bertz CT molecular complexity index is 401. The third-order valence-electron chi connectivity index (χ3n) is 4.27. The monoisotopic (exact) mass is 257 g/mol. The van der Waals surface area contributed by atoms with Crippen LogP contribution in [-0.2, 0) is 0 Å². The van der Waals surface area contributed by atoms with Gasteiger partial charge in [0.25, 0.3) is 0 Å². The molecule has 0 amide bonds. The van der Waals surface area contributed by atoms with Gasteiger partial charge in [-0.05, 0) is 38.7 Å². The first-order chi connectivity index (χ1) is 9.11. The molecule has 0 aliphatic heterocycles. The number of hydrogen-bond donors (Lipinski definition) is 1. The second-order valence-corrected chi connectivity index (χ2v) is 6.25. The zero-order chi connectivity index (χ0) is 13.7. The quantitative estimate of drug-likeness (QED) is 0.731. The zero-order valence-corrected chi connectivity index (χ0v) is 12.4. The lowest BCUT2D eigenvalue weighted by atomic mass is 9.77. The third-order valence-corrected chi connectivity index (χ3v) is 4.27. The summed E-state index contributed by atoms with van der Waals surface area (Å²) in [6.07, 6.45) is 7.78. The summed E-state index contributed by atoms with van der Waals surface area (Å²) in [6, 6.07) is 11.2. The summed E-state index contributed by atoms with van der Waals surface area (Å²) in [4.78, 5) is 0. The van der Waals surface area contributed by atoms with Crippen molar-refractivity contribution in [2.24, 2.45) is 0 Å². The van der Waals surface area contributed by atoms with E-state index in [9.17, 15) is 0 Å². The van der Waals surface area contributed by atoms with Crippen molar-refractivity contribution in [2.45, 2.75) is 64.0 Å². The average molecular weight is 257 g/mol. The van der Waals surface area contributed by atoms with E-state index in [1.54, 1.807) is 0 Å². The van der Waals surface area contributed by atoms with Gasteiger partial charge in [-0.1, -0.05) is 55.2 Å². The zero-order valence-electron chi connectivity index (χ0n) is 12.4. The largest absolute Gasteiger partial charge is 0.304 e. The Balaban J connectivity index is 2.09. The second kappa shape index (κ2) is 6.38. The standard InChI is InChI=1S/C18H27N/c1-15(2)14-18(12-8-5-9-13-18)19-16(3)17-10-6-4-7-11-17/h4,6-7,10-11,16,19H,1,5,8-9,12-14H2,2-3H3/t16-/m0/s1. The summed E-state index contributed by atoms with van der Waals surface area (Å²) in [7, 11) is 0. The van der Waals surface area contributed by atoms with Gasteiger partial charge in [0, 0.05) is 11.6 Å². The molecule has 1 aromatic carbocycles. The Kier molecular flexibility index (Phi) is 4.81. The van der Waals surface area contributed by atoms with Crippen LogP contribution in [0.25, 0.3) is 0 Å². The van der Waals surface area contributed by atoms with Crippen LogP contribution in [0.5, 0.6) is 0 Å². The molecule has 0 radical (unpaired) electrons. The van der Waals surface area contributed by atoms with Gasteiger partial charge in [0.2, 0.25) is 0 Å². The van der Waals surface area contributed by atoms with E-state index in [2.05, 4.69) is 56.1 Å². The predicted octanol–water partition coefficient (Wildman–Crippen LogP) is 5.01. The molecular weight excluding hydrogens is 230 g/mol. The Morgan fingerprint density at radius 2 is 1.84 bits per heavy atom. The molecule has 1 heteroatoms. The Hall–Kier alpha value is -1.08. The van der Waals surface area contributed by atoms with Crippen molar-refractivity contribution in [3.05, 3.63) is 48.0 Å². The SMILES string of the molecule is C=C(C)CC1(N[C@@H](C)c2ccccc2)CCCCC1. The van der Waals surface area contributed by atoms with E-state index in [1.807, 2.05) is 0 Å². The predicted molar refractivity (Wildman–Crippen MR) is 83.2 cm³/mol. The molecule has 0 saturated heterocycles. The third kappa shape index (κ3) is 3.94. The summed E-state index contributed by atoms with van der Waals surface area (Å²) in [6.45, 7) is 8.57. The minimum Gasteiger partial charge on any atom is -0.304 e. The lowest BCUT2D eigenvalue weighted by Gasteiger charge is -2.41. The van der Waals surface area contributed by atoms with Gasteiger partial charge in [0.15, 0.2) is 0 Å². The van der Waals surface area contributed by atoms with E-state index in [0.717, 1.165) is 6.42 Å². The molecule has 104 valence electrons. The molecule has 0 spiro atoms. The van der Waals surface area contributed by atoms with Crippen molar-refractivity contribution in [3.8, 4) is 0 Å². The van der Waals surface area contributed by atoms with Gasteiger partial charge >= 0.3 is 0 Å². The van der Waals surface area contributed by atoms with E-state index in [1.165, 1.54) is 43.2 Å². The van der Waals surface area contributed by atoms with Crippen molar-refractivity contribution in [1.82, 2.24) is 5.32 Å². The van der Waals surface area contributed by atoms with Crippen LogP contribution in [0.3, 0.4) is 0 Å². The van der Waals surface area contributed by atoms with Crippen LogP contribution in [0, 0.1) is 0 Å². The van der Waals surface area contributed by atoms with E-state index in [0.29, 0.717) is 6.04 Å². The van der Waals surface area contributed by atoms with Crippen LogP contribution in [0.2, 0.25) is 0 Å². The van der Waals surface area contributed by atoms with Crippen LogP contribution < -0.4 is 5.32 Å². The van der Waals surface area contributed by atoms with E-state index >= 15 is 0 Å². The maximum absolute atomic E-state index is 4.13. The molecular formula is C18H27N. The first kappa shape index (κ1) is 14.3. The summed E-state index contributed by atoms with van der Waals surface area (Å²) >= 11 is 0. The summed E-state index contributed by atoms with van der Waals surface area (Å²) in [5.74, 6) is 0. The molecule has 1 aromatic rings. The molecule has 0 heterocycles. The van der Waals surface area contributed by atoms with E-state index in [4.69, 9.17) is 0 Å². The molecule has 0 unspecified atom stereocenters. The number of benzene rings is 1. The van der Waals surface area contributed by atoms with Crippen molar-refractivity contribution >= 4 is 0 Å². The first-order valence-corrected chi connectivity index (χ1v) is 7.58. The van der Waals surface area contributed by atoms with Gasteiger partial charge in [-0.15, -0.1) is 6.58 Å². The van der Waals surface area contributed by atoms with Gasteiger partial charge < -0.3 is 5.32 Å². The lowest BCUT2D eigenvalue weighted by molar-refractivity contribution is 0.209. The minimum absolute atomic E-state index is 0.277. The fourth-order valence-electron chi connectivity index (χ4n) is 3.46. The van der Waals surface area contributed by atoms with Gasteiger partial charge in [-0.25, -0.2) is 0 Å². The van der Waals surface area contributed by atoms with Gasteiger partial charge in [0.05, 0.1) is 0 Å². The van der Waals surface area contributed by atoms with Crippen molar-refractivity contribution in [3.63, 3.8) is 0 Å². The smallest absolute Gasteiger partial charge is 0.0297 e. The number of rotatable bonds is 5. The highest BCUT2D eigenvalue weighted by atomic mass is 15.0. The number of nitrogens with one attached hydrogen (secondary N) is 1. The fraction of sp³-hybridized carbons (Fsp3) is 0.556. The highest BCUT2D eigenvalue weighted by Gasteiger charge is 2.32. The molecule has 1 N–H and O–H groups in total. The highest BCUT2D eigenvalue weighted by molar-refractivity contribution is 5.19. The van der Waals surface area contributed by atoms with Gasteiger partial charge in [0.1, 0.15) is 0 Å². The molecule has 1 saturated carbocycles. The summed E-state index contributed by atoms with van der Waals surface area (Å²) < 4.78 is 0. The van der Waals surface area contributed by atoms with Crippen LogP contribution in [-0.4, -0.2) is 5.54 Å². The van der Waals surface area contributed by atoms with Crippen molar-refractivity contribution in [1.29, 1.82) is 0 Å². The van der Waals surface area contributed by atoms with Crippen LogP contribution in [0.4, 0.5) is 0 Å². The maximum Gasteiger partial charge on any atom is 0.0297 e. The molecule has 1 atom stereocenters. The van der Waals surface area contributed by atoms with Crippen molar-refractivity contribution in [2.75, 3.05) is 0 Å². The van der Waals surface area contributed by atoms with Crippen LogP contribution >= 0.6 is 0 Å². The topological polar surface area (TPSA) is 12.0 Å². The molecule has 1 aliphatic carbocycles. The molecule has 2 rings (SSSR count). The fourth-order valence-corrected chi connectivity index (χ4v) is 3.46. The Labute approximate surface area is 118 Å². The minimum atomic E-state index is 0.277. The normalized spacial score (nSPS) is 19.9. The van der Waals surface area contributed by atoms with Gasteiger partial charge in [-0.2, -0.15) is 0 Å². The first-order valence-electron chi connectivity index (χ1n) is 7.58. The summed E-state index contributed by atoms with van der Waals surface area (Å²) in [5, 5.41) is 3.92. The van der Waals surface area contributed by atoms with E-state index in [-0.39, 0.29) is 5.54 Å². The van der Waals surface area contributed by atoms with Crippen LogP contribution in [0.15, 0.2) is 42.5 Å². The van der Waals surface area contributed by atoms with E-state index < -0.39 is 0 Å². The molecule has 1 fully saturated rings. The Morgan fingerprint density at radius 1 is 1.21 bits per heavy atom. The molecule has 0 aromatic heterocycles. The Morgan fingerprint density at radius 3 is 2.42 bits per heavy atom. The second-order valence-electron chi connectivity index (χ2n) is 6.25. The molecule has 19 heavy (non-hydrogen) atoms. The average Bonchev–Trinajstić information content (AvgIpc) is 2.39. The van der Waals surface area contributed by atoms with Gasteiger partial charge in [-0.3, -0.25) is 0 Å². The maximum atomic E-state index is 4.13. The molecule has 1 aliphatic rings. The summed E-state index contributed by atoms with van der Waals surface area (Å²) in [5.41, 5.74) is 2.96. The molecule has 0 bridgehead atoms. The highest BCUT2D eigenvalue weighted by Crippen LogP contribution is 2.35.